The minimum absolute atomic E-state index is 0.0245. The van der Waals surface area contributed by atoms with Crippen molar-refractivity contribution in [3.8, 4) is 5.75 Å². The zero-order valence-electron chi connectivity index (χ0n) is 23.6. The number of benzene rings is 2. The first-order valence-electron chi connectivity index (χ1n) is 13.3. The molecule has 1 saturated heterocycles. The number of hydrogen-bond donors (Lipinski definition) is 3. The van der Waals surface area contributed by atoms with Gasteiger partial charge in [0.25, 0.3) is 0 Å². The maximum atomic E-state index is 13.8. The van der Waals surface area contributed by atoms with Crippen molar-refractivity contribution in [2.75, 3.05) is 25.0 Å². The SMILES string of the molecule is CC(C)(C)c1cccc(NC(=O)C(=O)N2CCC(C(=O)N[C@@H](CC(=O)O)C(=O)COc3c(F)c(F)cc(F)c3F)CC2)c1. The van der Waals surface area contributed by atoms with Gasteiger partial charge in [-0.3, -0.25) is 24.0 Å². The summed E-state index contributed by atoms with van der Waals surface area (Å²) in [5.74, 6) is -14.6. The number of nitrogens with zero attached hydrogens (tertiary/aromatic N) is 1. The number of likely N-dealkylation sites (tertiary alicyclic amines) is 1. The number of ketones is 1. The van der Waals surface area contributed by atoms with Crippen LogP contribution < -0.4 is 15.4 Å². The molecule has 0 spiro atoms. The Bertz CT molecular complexity index is 1390. The number of carboxylic acids is 1. The van der Waals surface area contributed by atoms with Crippen LogP contribution in [-0.4, -0.2) is 65.2 Å². The molecule has 0 unspecified atom stereocenters. The van der Waals surface area contributed by atoms with Gasteiger partial charge in [0.15, 0.2) is 23.2 Å². The summed E-state index contributed by atoms with van der Waals surface area (Å²) in [6.45, 7) is 4.86. The summed E-state index contributed by atoms with van der Waals surface area (Å²) in [6, 6.07) is 5.34. The lowest BCUT2D eigenvalue weighted by Gasteiger charge is -2.31. The van der Waals surface area contributed by atoms with Crippen LogP contribution in [0.1, 0.15) is 45.6 Å². The van der Waals surface area contributed by atoms with Crippen LogP contribution in [0.2, 0.25) is 0 Å². The number of aliphatic carboxylic acids is 1. The molecule has 2 aromatic rings. The molecule has 0 aromatic heterocycles. The molecule has 1 fully saturated rings. The first-order chi connectivity index (χ1) is 20.1. The molecule has 3 amide bonds. The Labute approximate surface area is 244 Å². The number of amides is 3. The Kier molecular flexibility index (Phi) is 10.5. The lowest BCUT2D eigenvalue weighted by atomic mass is 9.87. The number of rotatable bonds is 9. The molecule has 1 atom stereocenters. The van der Waals surface area contributed by atoms with Gasteiger partial charge in [-0.1, -0.05) is 32.9 Å². The second-order valence-electron chi connectivity index (χ2n) is 11.1. The Balaban J connectivity index is 1.56. The fourth-order valence-corrected chi connectivity index (χ4v) is 4.37. The highest BCUT2D eigenvalue weighted by Crippen LogP contribution is 2.27. The molecule has 14 heteroatoms. The fourth-order valence-electron chi connectivity index (χ4n) is 4.37. The summed E-state index contributed by atoms with van der Waals surface area (Å²) in [5, 5.41) is 14.0. The molecule has 0 aliphatic carbocycles. The third kappa shape index (κ3) is 8.52. The van der Waals surface area contributed by atoms with Gasteiger partial charge in [-0.25, -0.2) is 8.78 Å². The smallest absolute Gasteiger partial charge is 0.313 e. The molecule has 3 N–H and O–H groups in total. The van der Waals surface area contributed by atoms with E-state index in [-0.39, 0.29) is 37.4 Å². The second kappa shape index (κ2) is 13.7. The molecular weight excluding hydrogens is 578 g/mol. The van der Waals surface area contributed by atoms with Crippen molar-refractivity contribution in [3.63, 3.8) is 0 Å². The number of halogens is 4. The van der Waals surface area contributed by atoms with E-state index in [9.17, 15) is 41.5 Å². The highest BCUT2D eigenvalue weighted by Gasteiger charge is 2.33. The average molecular weight is 610 g/mol. The predicted octanol–water partition coefficient (Wildman–Crippen LogP) is 3.33. The molecule has 10 nitrogen and oxygen atoms in total. The van der Waals surface area contributed by atoms with Crippen LogP contribution >= 0.6 is 0 Å². The zero-order chi connectivity index (χ0) is 32.1. The number of carboxylic acid groups (broad SMARTS) is 1. The van der Waals surface area contributed by atoms with Crippen molar-refractivity contribution < 1.29 is 51.4 Å². The standard InChI is InChI=1S/C29H31F4N3O7/c1-29(2,3)16-5-4-6-17(11-16)34-27(41)28(42)36-9-7-15(8-10-36)26(40)35-20(13-22(38)39)21(37)14-43-25-23(32)18(30)12-19(31)24(25)33/h4-6,11-12,15,20H,7-10,13-14H2,1-3H3,(H,34,41)(H,35,40)(H,38,39)/t20-/m0/s1. The molecule has 2 aromatic carbocycles. The van der Waals surface area contributed by atoms with Gasteiger partial charge in [-0.05, 0) is 36.0 Å². The molecule has 0 bridgehead atoms. The van der Waals surface area contributed by atoms with E-state index in [0.717, 1.165) is 5.56 Å². The number of piperidine rings is 1. The zero-order valence-corrected chi connectivity index (χ0v) is 23.6. The maximum Gasteiger partial charge on any atom is 0.313 e. The molecular formula is C29H31F4N3O7. The number of carbonyl (C=O) groups excluding carboxylic acids is 4. The van der Waals surface area contributed by atoms with Crippen molar-refractivity contribution in [1.82, 2.24) is 10.2 Å². The van der Waals surface area contributed by atoms with Gasteiger partial charge < -0.3 is 25.4 Å². The Morgan fingerprint density at radius 3 is 2.16 bits per heavy atom. The summed E-state index contributed by atoms with van der Waals surface area (Å²) in [6.07, 6.45) is -0.730. The number of nitrogens with one attached hydrogen (secondary N) is 2. The normalized spacial score (nSPS) is 14.5. The van der Waals surface area contributed by atoms with Crippen LogP contribution in [0.15, 0.2) is 30.3 Å². The largest absolute Gasteiger partial charge is 0.481 e. The van der Waals surface area contributed by atoms with E-state index in [4.69, 9.17) is 5.11 Å². The van der Waals surface area contributed by atoms with Gasteiger partial charge >= 0.3 is 17.8 Å². The van der Waals surface area contributed by atoms with Gasteiger partial charge in [-0.15, -0.1) is 0 Å². The van der Waals surface area contributed by atoms with Gasteiger partial charge in [0.1, 0.15) is 12.6 Å². The second-order valence-corrected chi connectivity index (χ2v) is 11.1. The molecule has 232 valence electrons. The lowest BCUT2D eigenvalue weighted by Crippen LogP contribution is -2.50. The Morgan fingerprint density at radius 2 is 1.60 bits per heavy atom. The highest BCUT2D eigenvalue weighted by atomic mass is 19.2. The average Bonchev–Trinajstić information content (AvgIpc) is 2.94. The van der Waals surface area contributed by atoms with Gasteiger partial charge in [0, 0.05) is 30.8 Å². The van der Waals surface area contributed by atoms with Crippen molar-refractivity contribution in [2.24, 2.45) is 5.92 Å². The molecule has 1 aliphatic rings. The fraction of sp³-hybridized carbons (Fsp3) is 0.414. The van der Waals surface area contributed by atoms with E-state index in [1.807, 2.05) is 26.8 Å². The van der Waals surface area contributed by atoms with E-state index < -0.39 is 83.5 Å². The third-order valence-corrected chi connectivity index (χ3v) is 6.85. The Morgan fingerprint density at radius 1 is 1.00 bits per heavy atom. The lowest BCUT2D eigenvalue weighted by molar-refractivity contribution is -0.145. The van der Waals surface area contributed by atoms with Crippen LogP contribution in [0.5, 0.6) is 5.75 Å². The summed E-state index contributed by atoms with van der Waals surface area (Å²) in [5.41, 5.74) is 1.23. The van der Waals surface area contributed by atoms with Crippen molar-refractivity contribution >= 4 is 35.2 Å². The summed E-state index contributed by atoms with van der Waals surface area (Å²) < 4.78 is 59.1. The van der Waals surface area contributed by atoms with Crippen LogP contribution in [0, 0.1) is 29.2 Å². The molecule has 1 heterocycles. The predicted molar refractivity (Wildman–Crippen MR) is 144 cm³/mol. The first kappa shape index (κ1) is 33.0. The number of hydrogen-bond acceptors (Lipinski definition) is 6. The molecule has 43 heavy (non-hydrogen) atoms. The van der Waals surface area contributed by atoms with E-state index >= 15 is 0 Å². The summed E-state index contributed by atoms with van der Waals surface area (Å²) in [4.78, 5) is 63.2. The monoisotopic (exact) mass is 609 g/mol. The molecule has 0 radical (unpaired) electrons. The van der Waals surface area contributed by atoms with E-state index in [2.05, 4.69) is 15.4 Å². The van der Waals surface area contributed by atoms with Gasteiger partial charge in [-0.2, -0.15) is 8.78 Å². The van der Waals surface area contributed by atoms with Crippen molar-refractivity contribution in [3.05, 3.63) is 59.2 Å². The number of anilines is 1. The van der Waals surface area contributed by atoms with Gasteiger partial charge in [0.05, 0.1) is 6.42 Å². The number of ether oxygens (including phenoxy) is 1. The van der Waals surface area contributed by atoms with Gasteiger partial charge in [0.2, 0.25) is 17.5 Å². The number of carbonyl (C=O) groups is 5. The molecule has 1 aliphatic heterocycles. The van der Waals surface area contributed by atoms with Crippen molar-refractivity contribution in [2.45, 2.75) is 51.5 Å². The minimum Gasteiger partial charge on any atom is -0.481 e. The van der Waals surface area contributed by atoms with Crippen LogP contribution in [-0.2, 0) is 29.4 Å². The molecule has 3 rings (SSSR count). The van der Waals surface area contributed by atoms with Crippen LogP contribution in [0.25, 0.3) is 0 Å². The van der Waals surface area contributed by atoms with Crippen LogP contribution in [0.3, 0.4) is 0 Å². The minimum atomic E-state index is -1.89. The van der Waals surface area contributed by atoms with E-state index in [1.54, 1.807) is 18.2 Å². The quantitative estimate of drug-likeness (QED) is 0.225. The van der Waals surface area contributed by atoms with E-state index in [0.29, 0.717) is 5.69 Å². The summed E-state index contributed by atoms with van der Waals surface area (Å²) in [7, 11) is 0. The highest BCUT2D eigenvalue weighted by molar-refractivity contribution is 6.39. The maximum absolute atomic E-state index is 13.8. The third-order valence-electron chi connectivity index (χ3n) is 6.85. The summed E-state index contributed by atoms with van der Waals surface area (Å²) >= 11 is 0. The first-order valence-corrected chi connectivity index (χ1v) is 13.3. The van der Waals surface area contributed by atoms with Crippen LogP contribution in [0.4, 0.5) is 23.2 Å². The van der Waals surface area contributed by atoms with E-state index in [1.165, 1.54) is 4.90 Å². The number of Topliss-reactive ketones (excluding diaryl/α,β-unsaturated/α-hetero) is 1. The topological polar surface area (TPSA) is 142 Å². The van der Waals surface area contributed by atoms with Crippen molar-refractivity contribution in [1.29, 1.82) is 0 Å². The molecule has 0 saturated carbocycles. The Hall–Kier alpha value is -4.49.